The molecular formula is C9H20KO2-. The van der Waals surface area contributed by atoms with Crippen LogP contribution < -0.4 is 51.4 Å². The number of rotatable bonds is 1. The summed E-state index contributed by atoms with van der Waals surface area (Å²) in [6, 6.07) is 0. The van der Waals surface area contributed by atoms with Gasteiger partial charge in [-0.15, -0.1) is 5.92 Å². The molecule has 1 fully saturated rings. The molecule has 0 aromatic rings. The van der Waals surface area contributed by atoms with Crippen molar-refractivity contribution in [3.05, 3.63) is 13.8 Å². The van der Waals surface area contributed by atoms with Crippen molar-refractivity contribution < 1.29 is 61.2 Å². The zero-order valence-corrected chi connectivity index (χ0v) is 12.0. The Bertz CT molecular complexity index is 63.5. The first-order valence-electron chi connectivity index (χ1n) is 3.95. The summed E-state index contributed by atoms with van der Waals surface area (Å²) in [5, 5.41) is 8.58. The van der Waals surface area contributed by atoms with Crippen molar-refractivity contribution in [2.75, 3.05) is 19.8 Å². The third-order valence-corrected chi connectivity index (χ3v) is 1.33. The predicted molar refractivity (Wildman–Crippen MR) is 48.1 cm³/mol. The number of ether oxygens (including phenoxy) is 1. The summed E-state index contributed by atoms with van der Waals surface area (Å²) in [5.74, 6) is 0.295. The molecule has 12 heavy (non-hydrogen) atoms. The van der Waals surface area contributed by atoms with E-state index in [4.69, 9.17) is 9.84 Å². The zero-order valence-electron chi connectivity index (χ0n) is 8.84. The van der Waals surface area contributed by atoms with Gasteiger partial charge in [0.2, 0.25) is 0 Å². The summed E-state index contributed by atoms with van der Waals surface area (Å²) in [5.41, 5.74) is 0. The molecule has 0 saturated carbocycles. The molecule has 1 saturated heterocycles. The van der Waals surface area contributed by atoms with E-state index < -0.39 is 0 Å². The van der Waals surface area contributed by atoms with Crippen molar-refractivity contribution >= 4 is 0 Å². The van der Waals surface area contributed by atoms with Crippen LogP contribution in [0.3, 0.4) is 0 Å². The predicted octanol–water partition coefficient (Wildman–Crippen LogP) is -1.30. The molecule has 3 heteroatoms. The largest absolute Gasteiger partial charge is 1.00 e. The van der Waals surface area contributed by atoms with E-state index in [2.05, 4.69) is 6.42 Å². The molecule has 0 aliphatic carbocycles. The Morgan fingerprint density at radius 3 is 2.33 bits per heavy atom. The first kappa shape index (κ1) is 19.2. The van der Waals surface area contributed by atoms with Crippen LogP contribution in [0.1, 0.15) is 20.3 Å². The number of hydrogen-bond donors (Lipinski definition) is 1. The Morgan fingerprint density at radius 2 is 2.08 bits per heavy atom. The molecule has 0 aromatic heterocycles. The third kappa shape index (κ3) is 9.64. The van der Waals surface area contributed by atoms with Gasteiger partial charge in [0, 0.05) is 19.8 Å². The van der Waals surface area contributed by atoms with E-state index in [9.17, 15) is 0 Å². The molecule has 70 valence electrons. The molecule has 1 rings (SSSR count). The van der Waals surface area contributed by atoms with Crippen LogP contribution in [0.25, 0.3) is 0 Å². The average molecular weight is 199 g/mol. The van der Waals surface area contributed by atoms with Crippen molar-refractivity contribution in [1.82, 2.24) is 0 Å². The molecule has 0 spiro atoms. The summed E-state index contributed by atoms with van der Waals surface area (Å²) >= 11 is 0. The summed E-state index contributed by atoms with van der Waals surface area (Å²) in [6.45, 7) is 5.77. The van der Waals surface area contributed by atoms with Gasteiger partial charge >= 0.3 is 51.4 Å². The van der Waals surface area contributed by atoms with Gasteiger partial charge in [0.25, 0.3) is 0 Å². The molecule has 2 nitrogen and oxygen atoms in total. The van der Waals surface area contributed by atoms with Crippen LogP contribution in [-0.4, -0.2) is 24.9 Å². The monoisotopic (exact) mass is 199 g/mol. The standard InChI is InChI=1S/C6H11O2.C2H6.CH3.K/c7-4-6-2-1-3-8-5-6;1-2;;/h2,6-7H,1,3-5H2;1-2H3;1H3;/q-1;;-1;+1. The molecule has 0 aromatic carbocycles. The Labute approximate surface area is 119 Å². The SMILES string of the molecule is CC.OCC1[CH-]CCOC1.[CH3-].[K+]. The normalized spacial score (nSPS) is 20.8. The maximum Gasteiger partial charge on any atom is 1.00 e. The smallest absolute Gasteiger partial charge is 0.399 e. The quantitative estimate of drug-likeness (QED) is 0.420. The van der Waals surface area contributed by atoms with E-state index in [0.29, 0.717) is 12.5 Å². The Balaban J connectivity index is -0.000000189. The van der Waals surface area contributed by atoms with Gasteiger partial charge in [0.05, 0.1) is 0 Å². The fourth-order valence-corrected chi connectivity index (χ4v) is 0.817. The van der Waals surface area contributed by atoms with Gasteiger partial charge in [-0.05, 0) is 0 Å². The molecule has 0 amide bonds. The van der Waals surface area contributed by atoms with Gasteiger partial charge in [-0.3, -0.25) is 0 Å². The fraction of sp³-hybridized carbons (Fsp3) is 0.778. The summed E-state index contributed by atoms with van der Waals surface area (Å²) in [7, 11) is 0. The van der Waals surface area contributed by atoms with Crippen LogP contribution in [-0.2, 0) is 4.74 Å². The van der Waals surface area contributed by atoms with E-state index >= 15 is 0 Å². The van der Waals surface area contributed by atoms with Crippen LogP contribution in [0.5, 0.6) is 0 Å². The molecule has 1 unspecified atom stereocenters. The van der Waals surface area contributed by atoms with Crippen molar-refractivity contribution in [2.24, 2.45) is 5.92 Å². The Hall–Kier alpha value is 1.56. The Kier molecular flexibility index (Phi) is 24.1. The van der Waals surface area contributed by atoms with Crippen LogP contribution in [0.4, 0.5) is 0 Å². The first-order valence-corrected chi connectivity index (χ1v) is 3.95. The average Bonchev–Trinajstić information content (AvgIpc) is 2.10. The molecule has 1 aliphatic heterocycles. The first-order chi connectivity index (χ1) is 4.93. The second-order valence-corrected chi connectivity index (χ2v) is 2.04. The van der Waals surface area contributed by atoms with E-state index in [1.165, 1.54) is 0 Å². The molecule has 1 aliphatic rings. The minimum absolute atomic E-state index is 0. The van der Waals surface area contributed by atoms with Crippen molar-refractivity contribution in [1.29, 1.82) is 0 Å². The van der Waals surface area contributed by atoms with Crippen LogP contribution in [0, 0.1) is 19.8 Å². The van der Waals surface area contributed by atoms with Crippen LogP contribution >= 0.6 is 0 Å². The summed E-state index contributed by atoms with van der Waals surface area (Å²) in [6.07, 6.45) is 3.11. The third-order valence-electron chi connectivity index (χ3n) is 1.33. The van der Waals surface area contributed by atoms with Gasteiger partial charge in [-0.2, -0.15) is 6.42 Å². The number of hydrogen-bond acceptors (Lipinski definition) is 2. The molecule has 1 atom stereocenters. The summed E-state index contributed by atoms with van der Waals surface area (Å²) < 4.78 is 5.08. The minimum atomic E-state index is 0. The minimum Gasteiger partial charge on any atom is -0.399 e. The van der Waals surface area contributed by atoms with Gasteiger partial charge < -0.3 is 23.7 Å². The van der Waals surface area contributed by atoms with Gasteiger partial charge in [-0.1, -0.05) is 13.8 Å². The van der Waals surface area contributed by atoms with Gasteiger partial charge in [-0.25, -0.2) is 0 Å². The molecular weight excluding hydrogens is 179 g/mol. The van der Waals surface area contributed by atoms with E-state index in [1.807, 2.05) is 13.8 Å². The van der Waals surface area contributed by atoms with Crippen molar-refractivity contribution in [3.8, 4) is 0 Å². The van der Waals surface area contributed by atoms with E-state index in [0.717, 1.165) is 13.0 Å². The number of aliphatic hydroxyl groups is 1. The molecule has 1 N–H and O–H groups in total. The maximum absolute atomic E-state index is 8.58. The molecule has 1 heterocycles. The molecule has 0 bridgehead atoms. The van der Waals surface area contributed by atoms with Gasteiger partial charge in [0.15, 0.2) is 0 Å². The van der Waals surface area contributed by atoms with E-state index in [1.54, 1.807) is 0 Å². The fourth-order valence-electron chi connectivity index (χ4n) is 0.817. The van der Waals surface area contributed by atoms with Crippen molar-refractivity contribution in [2.45, 2.75) is 20.3 Å². The van der Waals surface area contributed by atoms with Crippen LogP contribution in [0.15, 0.2) is 0 Å². The second kappa shape index (κ2) is 15.0. The molecule has 0 radical (unpaired) electrons. The van der Waals surface area contributed by atoms with E-state index in [-0.39, 0.29) is 65.4 Å². The number of aliphatic hydroxyl groups excluding tert-OH is 1. The van der Waals surface area contributed by atoms with Gasteiger partial charge in [0.1, 0.15) is 0 Å². The Morgan fingerprint density at radius 1 is 1.50 bits per heavy atom. The van der Waals surface area contributed by atoms with Crippen LogP contribution in [0.2, 0.25) is 0 Å². The zero-order chi connectivity index (χ0) is 7.82. The van der Waals surface area contributed by atoms with Crippen molar-refractivity contribution in [3.63, 3.8) is 0 Å². The second-order valence-electron chi connectivity index (χ2n) is 2.04. The maximum atomic E-state index is 8.58. The topological polar surface area (TPSA) is 29.5 Å². The summed E-state index contributed by atoms with van der Waals surface area (Å²) in [4.78, 5) is 0.